The SMILES string of the molecule is CC1Oc2cc(N)ccc2N=C1N(C)C. The molecule has 0 saturated carbocycles. The fourth-order valence-corrected chi connectivity index (χ4v) is 1.64. The molecule has 0 fully saturated rings. The van der Waals surface area contributed by atoms with Crippen LogP contribution < -0.4 is 10.5 Å². The summed E-state index contributed by atoms with van der Waals surface area (Å²) in [5.41, 5.74) is 7.22. The maximum atomic E-state index is 5.73. The quantitative estimate of drug-likeness (QED) is 0.655. The molecule has 1 atom stereocenters. The molecule has 1 aliphatic rings. The van der Waals surface area contributed by atoms with Crippen LogP contribution in [0.15, 0.2) is 23.2 Å². The van der Waals surface area contributed by atoms with E-state index in [0.717, 1.165) is 17.3 Å². The Labute approximate surface area is 89.4 Å². The molecule has 4 heteroatoms. The number of benzene rings is 1. The summed E-state index contributed by atoms with van der Waals surface area (Å²) in [6.07, 6.45) is -0.0331. The maximum absolute atomic E-state index is 5.73. The number of anilines is 1. The van der Waals surface area contributed by atoms with E-state index in [1.54, 1.807) is 0 Å². The largest absolute Gasteiger partial charge is 0.480 e. The average molecular weight is 205 g/mol. The minimum Gasteiger partial charge on any atom is -0.480 e. The van der Waals surface area contributed by atoms with Crippen molar-refractivity contribution in [1.29, 1.82) is 0 Å². The number of amidine groups is 1. The monoisotopic (exact) mass is 205 g/mol. The highest BCUT2D eigenvalue weighted by atomic mass is 16.5. The Hall–Kier alpha value is -1.71. The van der Waals surface area contributed by atoms with Crippen LogP contribution in [0.25, 0.3) is 0 Å². The molecule has 0 saturated heterocycles. The lowest BCUT2D eigenvalue weighted by Crippen LogP contribution is -2.37. The Bertz CT molecular complexity index is 412. The molecule has 1 aromatic rings. The number of hydrogen-bond donors (Lipinski definition) is 1. The molecule has 0 spiro atoms. The Morgan fingerprint density at radius 3 is 2.80 bits per heavy atom. The maximum Gasteiger partial charge on any atom is 0.153 e. The van der Waals surface area contributed by atoms with E-state index in [2.05, 4.69) is 4.99 Å². The molecule has 1 aromatic carbocycles. The minimum atomic E-state index is -0.0331. The van der Waals surface area contributed by atoms with Crippen molar-refractivity contribution in [1.82, 2.24) is 4.90 Å². The first-order chi connectivity index (χ1) is 7.08. The van der Waals surface area contributed by atoms with Crippen LogP contribution in [0.1, 0.15) is 6.92 Å². The van der Waals surface area contributed by atoms with Gasteiger partial charge in [-0.2, -0.15) is 0 Å². The second-order valence-corrected chi connectivity index (χ2v) is 3.85. The van der Waals surface area contributed by atoms with Gasteiger partial charge in [-0.05, 0) is 19.1 Å². The van der Waals surface area contributed by atoms with Gasteiger partial charge in [-0.15, -0.1) is 0 Å². The topological polar surface area (TPSA) is 50.9 Å². The second-order valence-electron chi connectivity index (χ2n) is 3.85. The molecule has 0 aliphatic carbocycles. The van der Waals surface area contributed by atoms with Crippen molar-refractivity contribution in [2.24, 2.45) is 4.99 Å². The highest BCUT2D eigenvalue weighted by molar-refractivity contribution is 5.91. The second kappa shape index (κ2) is 3.46. The first-order valence-electron chi connectivity index (χ1n) is 4.90. The molecule has 1 aliphatic heterocycles. The highest BCUT2D eigenvalue weighted by Gasteiger charge is 2.21. The molecule has 15 heavy (non-hydrogen) atoms. The summed E-state index contributed by atoms with van der Waals surface area (Å²) in [7, 11) is 3.92. The van der Waals surface area contributed by atoms with Gasteiger partial charge in [0.25, 0.3) is 0 Å². The van der Waals surface area contributed by atoms with Crippen LogP contribution in [0.4, 0.5) is 11.4 Å². The van der Waals surface area contributed by atoms with Crippen LogP contribution in [-0.4, -0.2) is 30.9 Å². The molecule has 0 aromatic heterocycles. The van der Waals surface area contributed by atoms with Crippen molar-refractivity contribution in [3.05, 3.63) is 18.2 Å². The van der Waals surface area contributed by atoms with Crippen molar-refractivity contribution in [2.45, 2.75) is 13.0 Å². The molecular formula is C11H15N3O. The molecule has 4 nitrogen and oxygen atoms in total. The summed E-state index contributed by atoms with van der Waals surface area (Å²) < 4.78 is 5.73. The van der Waals surface area contributed by atoms with Crippen molar-refractivity contribution in [3.8, 4) is 5.75 Å². The van der Waals surface area contributed by atoms with Crippen LogP contribution in [-0.2, 0) is 0 Å². The molecule has 1 unspecified atom stereocenters. The Balaban J connectivity index is 2.45. The molecular weight excluding hydrogens is 190 g/mol. The van der Waals surface area contributed by atoms with Crippen molar-refractivity contribution < 1.29 is 4.74 Å². The van der Waals surface area contributed by atoms with Crippen LogP contribution in [0.5, 0.6) is 5.75 Å². The van der Waals surface area contributed by atoms with Gasteiger partial charge in [0.05, 0.1) is 0 Å². The van der Waals surface area contributed by atoms with E-state index in [1.165, 1.54) is 0 Å². The minimum absolute atomic E-state index is 0.0331. The summed E-state index contributed by atoms with van der Waals surface area (Å²) in [6.45, 7) is 1.98. The van der Waals surface area contributed by atoms with Gasteiger partial charge in [0.15, 0.2) is 6.10 Å². The predicted octanol–water partition coefficient (Wildman–Crippen LogP) is 1.64. The zero-order valence-electron chi connectivity index (χ0n) is 9.19. The van der Waals surface area contributed by atoms with Gasteiger partial charge in [-0.1, -0.05) is 0 Å². The molecule has 0 radical (unpaired) electrons. The molecule has 0 amide bonds. The van der Waals surface area contributed by atoms with E-state index in [9.17, 15) is 0 Å². The first-order valence-corrected chi connectivity index (χ1v) is 4.90. The Kier molecular flexibility index (Phi) is 2.26. The van der Waals surface area contributed by atoms with Crippen molar-refractivity contribution in [2.75, 3.05) is 19.8 Å². The molecule has 2 N–H and O–H groups in total. The van der Waals surface area contributed by atoms with E-state index < -0.39 is 0 Å². The summed E-state index contributed by atoms with van der Waals surface area (Å²) in [5.74, 6) is 1.68. The van der Waals surface area contributed by atoms with E-state index in [1.807, 2.05) is 44.1 Å². The average Bonchev–Trinajstić information content (AvgIpc) is 2.15. The Morgan fingerprint density at radius 1 is 1.40 bits per heavy atom. The molecule has 0 bridgehead atoms. The van der Waals surface area contributed by atoms with Gasteiger partial charge < -0.3 is 15.4 Å². The van der Waals surface area contributed by atoms with Crippen LogP contribution in [0, 0.1) is 0 Å². The summed E-state index contributed by atoms with van der Waals surface area (Å²) in [4.78, 5) is 6.49. The fraction of sp³-hybridized carbons (Fsp3) is 0.364. The molecule has 1 heterocycles. The molecule has 2 rings (SSSR count). The van der Waals surface area contributed by atoms with Crippen molar-refractivity contribution >= 4 is 17.2 Å². The van der Waals surface area contributed by atoms with E-state index in [-0.39, 0.29) is 6.10 Å². The van der Waals surface area contributed by atoms with E-state index in [4.69, 9.17) is 10.5 Å². The third kappa shape index (κ3) is 1.75. The number of nitrogen functional groups attached to an aromatic ring is 1. The van der Waals surface area contributed by atoms with Crippen LogP contribution in [0.3, 0.4) is 0 Å². The number of hydrogen-bond acceptors (Lipinski definition) is 4. The number of nitrogens with two attached hydrogens (primary N) is 1. The third-order valence-corrected chi connectivity index (χ3v) is 2.34. The van der Waals surface area contributed by atoms with Gasteiger partial charge in [0.2, 0.25) is 0 Å². The zero-order chi connectivity index (χ0) is 11.0. The van der Waals surface area contributed by atoms with Crippen molar-refractivity contribution in [3.63, 3.8) is 0 Å². The number of nitrogens with zero attached hydrogens (tertiary/aromatic N) is 2. The lowest BCUT2D eigenvalue weighted by molar-refractivity contribution is 0.267. The lowest BCUT2D eigenvalue weighted by Gasteiger charge is -2.27. The number of aliphatic imine (C=N–C) groups is 1. The van der Waals surface area contributed by atoms with Gasteiger partial charge in [0, 0.05) is 25.8 Å². The van der Waals surface area contributed by atoms with Gasteiger partial charge in [-0.25, -0.2) is 4.99 Å². The van der Waals surface area contributed by atoms with Gasteiger partial charge in [-0.3, -0.25) is 0 Å². The van der Waals surface area contributed by atoms with E-state index in [0.29, 0.717) is 5.69 Å². The van der Waals surface area contributed by atoms with Gasteiger partial charge in [0.1, 0.15) is 17.3 Å². The van der Waals surface area contributed by atoms with E-state index >= 15 is 0 Å². The number of rotatable bonds is 0. The number of likely N-dealkylation sites (N-methyl/N-ethyl adjacent to an activating group) is 1. The first kappa shape index (κ1) is 9.83. The normalized spacial score (nSPS) is 18.9. The number of ether oxygens (including phenoxy) is 1. The fourth-order valence-electron chi connectivity index (χ4n) is 1.64. The Morgan fingerprint density at radius 2 is 2.13 bits per heavy atom. The predicted molar refractivity (Wildman–Crippen MR) is 61.7 cm³/mol. The molecule has 80 valence electrons. The number of fused-ring (bicyclic) bond motifs is 1. The summed E-state index contributed by atoms with van der Waals surface area (Å²) in [5, 5.41) is 0. The zero-order valence-corrected chi connectivity index (χ0v) is 9.19. The highest BCUT2D eigenvalue weighted by Crippen LogP contribution is 2.34. The summed E-state index contributed by atoms with van der Waals surface area (Å²) in [6, 6.07) is 5.51. The van der Waals surface area contributed by atoms with Gasteiger partial charge >= 0.3 is 0 Å². The smallest absolute Gasteiger partial charge is 0.153 e. The standard InChI is InChI=1S/C11H15N3O/c1-7-11(14(2)3)13-9-5-4-8(12)6-10(9)15-7/h4-7H,12H2,1-3H3. The third-order valence-electron chi connectivity index (χ3n) is 2.34. The van der Waals surface area contributed by atoms with Crippen LogP contribution in [0.2, 0.25) is 0 Å². The summed E-state index contributed by atoms with van der Waals surface area (Å²) >= 11 is 0. The van der Waals surface area contributed by atoms with Crippen LogP contribution >= 0.6 is 0 Å². The lowest BCUT2D eigenvalue weighted by atomic mass is 10.2.